The Balaban J connectivity index is 3.10. The number of hydrogen-bond donors (Lipinski definition) is 1. The summed E-state index contributed by atoms with van der Waals surface area (Å²) >= 11 is 9.29. The second kappa shape index (κ2) is 5.24. The Morgan fingerprint density at radius 2 is 2.27 bits per heavy atom. The highest BCUT2D eigenvalue weighted by Gasteiger charge is 2.07. The van der Waals surface area contributed by atoms with Crippen LogP contribution >= 0.6 is 27.5 Å². The van der Waals surface area contributed by atoms with Gasteiger partial charge in [-0.15, -0.1) is 0 Å². The fourth-order valence-electron chi connectivity index (χ4n) is 1.02. The molecule has 0 saturated heterocycles. The Hall–Kier alpha value is -0.930. The summed E-state index contributed by atoms with van der Waals surface area (Å²) in [7, 11) is 1.59. The zero-order valence-electron chi connectivity index (χ0n) is 8.31. The Kier molecular flexibility index (Phi) is 4.24. The zero-order valence-corrected chi connectivity index (χ0v) is 10.7. The molecule has 0 bridgehead atoms. The van der Waals surface area contributed by atoms with E-state index in [4.69, 9.17) is 16.3 Å². The molecule has 0 saturated carbocycles. The van der Waals surface area contributed by atoms with Gasteiger partial charge in [-0.05, 0) is 34.1 Å². The van der Waals surface area contributed by atoms with Crippen LogP contribution in [0.2, 0.25) is 5.02 Å². The van der Waals surface area contributed by atoms with Crippen LogP contribution < -0.4 is 10.1 Å². The molecule has 0 amide bonds. The first kappa shape index (κ1) is 12.1. The van der Waals surface area contributed by atoms with Crippen LogP contribution in [0.4, 0.5) is 5.69 Å². The van der Waals surface area contributed by atoms with Gasteiger partial charge in [0.1, 0.15) is 5.75 Å². The molecule has 15 heavy (non-hydrogen) atoms. The largest absolute Gasteiger partial charge is 0.495 e. The highest BCUT2D eigenvalue weighted by molar-refractivity contribution is 9.10. The maximum absolute atomic E-state index is 5.97. The standard InChI is InChI=1S/C11H11BrClNO/c1-4-7(2)14-10-6-9(13)8(12)5-11(10)15-3/h4-6,14H,1-2H2,3H3. The van der Waals surface area contributed by atoms with Crippen molar-refractivity contribution in [3.63, 3.8) is 0 Å². The van der Waals surface area contributed by atoms with Crippen LogP contribution in [-0.4, -0.2) is 7.11 Å². The van der Waals surface area contributed by atoms with Crippen molar-refractivity contribution in [2.24, 2.45) is 0 Å². The van der Waals surface area contributed by atoms with Crippen LogP contribution in [0, 0.1) is 0 Å². The van der Waals surface area contributed by atoms with Crippen LogP contribution in [-0.2, 0) is 0 Å². The maximum Gasteiger partial charge on any atom is 0.143 e. The van der Waals surface area contributed by atoms with Crippen molar-refractivity contribution in [3.05, 3.63) is 46.6 Å². The molecule has 0 aliphatic carbocycles. The number of nitrogens with one attached hydrogen (secondary N) is 1. The summed E-state index contributed by atoms with van der Waals surface area (Å²) in [5.41, 5.74) is 1.45. The normalized spacial score (nSPS) is 9.53. The number of anilines is 1. The summed E-state index contributed by atoms with van der Waals surface area (Å²) in [6.45, 7) is 7.36. The second-order valence-corrected chi connectivity index (χ2v) is 4.08. The third kappa shape index (κ3) is 3.01. The van der Waals surface area contributed by atoms with Gasteiger partial charge in [0.25, 0.3) is 0 Å². The van der Waals surface area contributed by atoms with Crippen molar-refractivity contribution in [2.45, 2.75) is 0 Å². The smallest absolute Gasteiger partial charge is 0.143 e. The summed E-state index contributed by atoms with van der Waals surface area (Å²) in [6, 6.07) is 3.56. The quantitative estimate of drug-likeness (QED) is 0.838. The van der Waals surface area contributed by atoms with E-state index in [9.17, 15) is 0 Å². The van der Waals surface area contributed by atoms with E-state index < -0.39 is 0 Å². The highest BCUT2D eigenvalue weighted by atomic mass is 79.9. The van der Waals surface area contributed by atoms with Crippen molar-refractivity contribution >= 4 is 33.2 Å². The Bertz CT molecular complexity index is 404. The lowest BCUT2D eigenvalue weighted by atomic mass is 10.3. The van der Waals surface area contributed by atoms with E-state index in [0.29, 0.717) is 16.5 Å². The van der Waals surface area contributed by atoms with E-state index in [1.165, 1.54) is 0 Å². The van der Waals surface area contributed by atoms with E-state index in [-0.39, 0.29) is 0 Å². The van der Waals surface area contributed by atoms with E-state index >= 15 is 0 Å². The van der Waals surface area contributed by atoms with E-state index in [1.54, 1.807) is 25.3 Å². The first-order chi connectivity index (χ1) is 7.08. The van der Waals surface area contributed by atoms with Crippen molar-refractivity contribution < 1.29 is 4.74 Å². The number of benzene rings is 1. The van der Waals surface area contributed by atoms with Gasteiger partial charge in [-0.2, -0.15) is 0 Å². The number of halogens is 2. The van der Waals surface area contributed by atoms with E-state index in [2.05, 4.69) is 34.4 Å². The van der Waals surface area contributed by atoms with Crippen molar-refractivity contribution in [2.75, 3.05) is 12.4 Å². The van der Waals surface area contributed by atoms with Crippen molar-refractivity contribution in [3.8, 4) is 5.75 Å². The molecule has 1 aromatic rings. The molecule has 80 valence electrons. The van der Waals surface area contributed by atoms with Crippen LogP contribution in [0.1, 0.15) is 0 Å². The molecule has 0 aliphatic rings. The summed E-state index contributed by atoms with van der Waals surface area (Å²) in [5, 5.41) is 3.64. The highest BCUT2D eigenvalue weighted by Crippen LogP contribution is 2.34. The van der Waals surface area contributed by atoms with Gasteiger partial charge in [-0.3, -0.25) is 0 Å². The maximum atomic E-state index is 5.97. The zero-order chi connectivity index (χ0) is 11.4. The summed E-state index contributed by atoms with van der Waals surface area (Å²) < 4.78 is 5.99. The molecule has 0 heterocycles. The van der Waals surface area contributed by atoms with Gasteiger partial charge >= 0.3 is 0 Å². The summed E-state index contributed by atoms with van der Waals surface area (Å²) in [6.07, 6.45) is 1.62. The van der Waals surface area contributed by atoms with Gasteiger partial charge in [0, 0.05) is 10.2 Å². The van der Waals surface area contributed by atoms with Gasteiger partial charge in [-0.1, -0.05) is 24.8 Å². The molecule has 0 radical (unpaired) electrons. The monoisotopic (exact) mass is 287 g/mol. The Morgan fingerprint density at radius 3 is 2.80 bits per heavy atom. The molecular formula is C11H11BrClNO. The lowest BCUT2D eigenvalue weighted by Gasteiger charge is -2.12. The van der Waals surface area contributed by atoms with Gasteiger partial charge in [0.05, 0.1) is 17.8 Å². The minimum atomic E-state index is 0.607. The van der Waals surface area contributed by atoms with Gasteiger partial charge < -0.3 is 10.1 Å². The molecule has 0 aromatic heterocycles. The molecular weight excluding hydrogens is 277 g/mol. The summed E-state index contributed by atoms with van der Waals surface area (Å²) in [4.78, 5) is 0. The molecule has 1 aromatic carbocycles. The first-order valence-electron chi connectivity index (χ1n) is 4.20. The summed E-state index contributed by atoms with van der Waals surface area (Å²) in [5.74, 6) is 0.689. The molecule has 2 nitrogen and oxygen atoms in total. The average molecular weight is 289 g/mol. The predicted octanol–water partition coefficient (Wildman–Crippen LogP) is 4.22. The fraction of sp³-hybridized carbons (Fsp3) is 0.0909. The van der Waals surface area contributed by atoms with Crippen LogP contribution in [0.15, 0.2) is 41.5 Å². The Labute approximate surface area is 103 Å². The van der Waals surface area contributed by atoms with E-state index in [1.807, 2.05) is 0 Å². The molecule has 0 aliphatic heterocycles. The first-order valence-corrected chi connectivity index (χ1v) is 5.37. The number of methoxy groups -OCH3 is 1. The number of hydrogen-bond acceptors (Lipinski definition) is 2. The Morgan fingerprint density at radius 1 is 1.60 bits per heavy atom. The SMILES string of the molecule is C=CC(=C)Nc1cc(Cl)c(Br)cc1OC. The number of ether oxygens (including phenoxy) is 1. The van der Waals surface area contributed by atoms with Crippen LogP contribution in [0.25, 0.3) is 0 Å². The number of rotatable bonds is 4. The molecule has 1 rings (SSSR count). The average Bonchev–Trinajstić information content (AvgIpc) is 2.22. The van der Waals surface area contributed by atoms with Gasteiger partial charge in [0.2, 0.25) is 0 Å². The third-order valence-electron chi connectivity index (χ3n) is 1.78. The lowest BCUT2D eigenvalue weighted by molar-refractivity contribution is 0.416. The molecule has 0 atom stereocenters. The minimum absolute atomic E-state index is 0.607. The molecule has 0 fully saturated rings. The minimum Gasteiger partial charge on any atom is -0.495 e. The topological polar surface area (TPSA) is 21.3 Å². The molecule has 4 heteroatoms. The van der Waals surface area contributed by atoms with Crippen LogP contribution in [0.5, 0.6) is 5.75 Å². The van der Waals surface area contributed by atoms with Crippen molar-refractivity contribution in [1.29, 1.82) is 0 Å². The predicted molar refractivity (Wildman–Crippen MR) is 68.7 cm³/mol. The van der Waals surface area contributed by atoms with Gasteiger partial charge in [0.15, 0.2) is 0 Å². The van der Waals surface area contributed by atoms with Crippen LogP contribution in [0.3, 0.4) is 0 Å². The molecule has 1 N–H and O–H groups in total. The van der Waals surface area contributed by atoms with Crippen molar-refractivity contribution in [1.82, 2.24) is 0 Å². The second-order valence-electron chi connectivity index (χ2n) is 2.82. The third-order valence-corrected chi connectivity index (χ3v) is 2.98. The molecule has 0 unspecified atom stereocenters. The molecule has 0 spiro atoms. The lowest BCUT2D eigenvalue weighted by Crippen LogP contribution is -1.98. The number of allylic oxidation sites excluding steroid dienone is 1. The van der Waals surface area contributed by atoms with Gasteiger partial charge in [-0.25, -0.2) is 0 Å². The van der Waals surface area contributed by atoms with E-state index in [0.717, 1.165) is 10.2 Å². The fourth-order valence-corrected chi connectivity index (χ4v) is 1.51.